The lowest BCUT2D eigenvalue weighted by atomic mass is 10.2. The van der Waals surface area contributed by atoms with E-state index < -0.39 is 10.0 Å². The summed E-state index contributed by atoms with van der Waals surface area (Å²) < 4.78 is 38.8. The molecule has 0 saturated heterocycles. The Hall–Kier alpha value is -0.980. The van der Waals surface area contributed by atoms with Gasteiger partial charge in [0, 0.05) is 12.6 Å². The van der Waals surface area contributed by atoms with Gasteiger partial charge in [-0.25, -0.2) is 17.5 Å². The molecule has 1 fully saturated rings. The third-order valence-corrected chi connectivity index (χ3v) is 4.67. The highest BCUT2D eigenvalue weighted by atomic mass is 32.2. The molecular weight excluding hydrogens is 279 g/mol. The predicted octanol–water partition coefficient (Wildman–Crippen LogP) is 1.78. The number of halogens is 1. The number of nitrogens with one attached hydrogen (secondary N) is 2. The second-order valence-electron chi connectivity index (χ2n) is 5.20. The summed E-state index contributed by atoms with van der Waals surface area (Å²) in [5.41, 5.74) is 0.755. The standard InChI is InChI=1S/C14H21FN2O2S/c15-13-5-3-12(4-6-13)11-17-20(18,19)10-2-1-9-16-14-7-8-14/h3-6,14,16-17H,1-2,7-11H2. The molecule has 0 bridgehead atoms. The van der Waals surface area contributed by atoms with Gasteiger partial charge in [-0.05, 0) is 49.9 Å². The molecule has 6 heteroatoms. The Morgan fingerprint density at radius 1 is 1.15 bits per heavy atom. The first-order chi connectivity index (χ1) is 9.55. The SMILES string of the molecule is O=S(=O)(CCCCNC1CC1)NCc1ccc(F)cc1. The van der Waals surface area contributed by atoms with Crippen molar-refractivity contribution in [2.75, 3.05) is 12.3 Å². The Balaban J connectivity index is 1.63. The van der Waals surface area contributed by atoms with Gasteiger partial charge >= 0.3 is 0 Å². The molecule has 0 unspecified atom stereocenters. The normalized spacial score (nSPS) is 15.4. The van der Waals surface area contributed by atoms with Crippen molar-refractivity contribution in [1.82, 2.24) is 10.0 Å². The topological polar surface area (TPSA) is 58.2 Å². The van der Waals surface area contributed by atoms with Gasteiger partial charge in [-0.15, -0.1) is 0 Å². The maximum atomic E-state index is 12.7. The molecule has 20 heavy (non-hydrogen) atoms. The number of sulfonamides is 1. The maximum Gasteiger partial charge on any atom is 0.211 e. The minimum Gasteiger partial charge on any atom is -0.314 e. The average molecular weight is 300 g/mol. The van der Waals surface area contributed by atoms with Crippen molar-refractivity contribution in [2.24, 2.45) is 0 Å². The average Bonchev–Trinajstić information content (AvgIpc) is 3.22. The molecule has 2 rings (SSSR count). The van der Waals surface area contributed by atoms with Crippen molar-refractivity contribution in [1.29, 1.82) is 0 Å². The molecule has 0 spiro atoms. The van der Waals surface area contributed by atoms with Crippen molar-refractivity contribution < 1.29 is 12.8 Å². The lowest BCUT2D eigenvalue weighted by molar-refractivity contribution is 0.572. The van der Waals surface area contributed by atoms with E-state index in [9.17, 15) is 12.8 Å². The molecule has 1 aliphatic carbocycles. The van der Waals surface area contributed by atoms with Crippen LogP contribution in [0.5, 0.6) is 0 Å². The summed E-state index contributed by atoms with van der Waals surface area (Å²) in [7, 11) is -3.25. The van der Waals surface area contributed by atoms with E-state index in [1.807, 2.05) is 0 Å². The molecule has 0 aromatic heterocycles. The van der Waals surface area contributed by atoms with E-state index >= 15 is 0 Å². The second kappa shape index (κ2) is 7.15. The third kappa shape index (κ3) is 5.98. The largest absolute Gasteiger partial charge is 0.314 e. The smallest absolute Gasteiger partial charge is 0.211 e. The maximum absolute atomic E-state index is 12.7. The Kier molecular flexibility index (Phi) is 5.51. The van der Waals surface area contributed by atoms with Crippen LogP contribution in [0.25, 0.3) is 0 Å². The van der Waals surface area contributed by atoms with Crippen LogP contribution in [-0.4, -0.2) is 26.8 Å². The van der Waals surface area contributed by atoms with E-state index in [1.165, 1.54) is 25.0 Å². The molecule has 112 valence electrons. The van der Waals surface area contributed by atoms with E-state index in [4.69, 9.17) is 0 Å². The van der Waals surface area contributed by atoms with E-state index in [2.05, 4.69) is 10.0 Å². The fourth-order valence-corrected chi connectivity index (χ4v) is 2.99. The summed E-state index contributed by atoms with van der Waals surface area (Å²) in [6.07, 6.45) is 4.02. The fourth-order valence-electron chi connectivity index (χ4n) is 1.88. The zero-order valence-corrected chi connectivity index (χ0v) is 12.3. The number of rotatable bonds is 9. The molecule has 0 heterocycles. The van der Waals surface area contributed by atoms with Crippen molar-refractivity contribution in [3.63, 3.8) is 0 Å². The van der Waals surface area contributed by atoms with E-state index in [1.54, 1.807) is 12.1 Å². The van der Waals surface area contributed by atoms with Crippen molar-refractivity contribution in [3.8, 4) is 0 Å². The number of unbranched alkanes of at least 4 members (excludes halogenated alkanes) is 1. The molecule has 0 amide bonds. The first kappa shape index (κ1) is 15.4. The highest BCUT2D eigenvalue weighted by molar-refractivity contribution is 7.89. The van der Waals surface area contributed by atoms with Gasteiger partial charge < -0.3 is 5.32 Å². The van der Waals surface area contributed by atoms with Crippen LogP contribution in [0.3, 0.4) is 0 Å². The lowest BCUT2D eigenvalue weighted by Gasteiger charge is -2.07. The highest BCUT2D eigenvalue weighted by Crippen LogP contribution is 2.18. The van der Waals surface area contributed by atoms with Crippen LogP contribution in [0, 0.1) is 5.82 Å². The van der Waals surface area contributed by atoms with Crippen LogP contribution >= 0.6 is 0 Å². The molecule has 0 radical (unpaired) electrons. The molecule has 0 aliphatic heterocycles. The predicted molar refractivity (Wildman–Crippen MR) is 77.3 cm³/mol. The Bertz CT molecular complexity index is 512. The van der Waals surface area contributed by atoms with Crippen LogP contribution < -0.4 is 10.0 Å². The van der Waals surface area contributed by atoms with E-state index in [0.717, 1.165) is 18.5 Å². The van der Waals surface area contributed by atoms with Crippen molar-refractivity contribution >= 4 is 10.0 Å². The summed E-state index contributed by atoms with van der Waals surface area (Å²) >= 11 is 0. The Morgan fingerprint density at radius 3 is 2.50 bits per heavy atom. The van der Waals surface area contributed by atoms with Gasteiger partial charge in [0.2, 0.25) is 10.0 Å². The van der Waals surface area contributed by atoms with Gasteiger partial charge in [-0.3, -0.25) is 0 Å². The first-order valence-corrected chi connectivity index (χ1v) is 8.65. The van der Waals surface area contributed by atoms with Crippen LogP contribution in [0.15, 0.2) is 24.3 Å². The molecule has 1 aromatic carbocycles. The van der Waals surface area contributed by atoms with Crippen molar-refractivity contribution in [2.45, 2.75) is 38.3 Å². The van der Waals surface area contributed by atoms with Crippen molar-refractivity contribution in [3.05, 3.63) is 35.6 Å². The van der Waals surface area contributed by atoms with E-state index in [0.29, 0.717) is 12.5 Å². The molecular formula is C14H21FN2O2S. The van der Waals surface area contributed by atoms with Crippen LogP contribution in [0.2, 0.25) is 0 Å². The zero-order valence-electron chi connectivity index (χ0n) is 11.4. The summed E-state index contributed by atoms with van der Waals surface area (Å²) in [6.45, 7) is 1.10. The van der Waals surface area contributed by atoms with Crippen LogP contribution in [-0.2, 0) is 16.6 Å². The molecule has 1 saturated carbocycles. The number of hydrogen-bond donors (Lipinski definition) is 2. The molecule has 2 N–H and O–H groups in total. The number of hydrogen-bond acceptors (Lipinski definition) is 3. The minimum absolute atomic E-state index is 0.139. The molecule has 0 atom stereocenters. The van der Waals surface area contributed by atoms with Gasteiger partial charge in [-0.2, -0.15) is 0 Å². The van der Waals surface area contributed by atoms with Gasteiger partial charge in [0.05, 0.1) is 5.75 Å². The summed E-state index contributed by atoms with van der Waals surface area (Å²) in [6, 6.07) is 6.48. The van der Waals surface area contributed by atoms with Gasteiger partial charge in [0.1, 0.15) is 5.82 Å². The van der Waals surface area contributed by atoms with Gasteiger partial charge in [-0.1, -0.05) is 12.1 Å². The Labute approximate surface area is 119 Å². The summed E-state index contributed by atoms with van der Waals surface area (Å²) in [5.74, 6) is -0.180. The molecule has 4 nitrogen and oxygen atoms in total. The Morgan fingerprint density at radius 2 is 1.85 bits per heavy atom. The van der Waals surface area contributed by atoms with Crippen LogP contribution in [0.4, 0.5) is 4.39 Å². The lowest BCUT2D eigenvalue weighted by Crippen LogP contribution is -2.26. The van der Waals surface area contributed by atoms with Crippen LogP contribution in [0.1, 0.15) is 31.2 Å². The zero-order chi connectivity index (χ0) is 14.4. The van der Waals surface area contributed by atoms with Gasteiger partial charge in [0.25, 0.3) is 0 Å². The minimum atomic E-state index is -3.25. The van der Waals surface area contributed by atoms with Gasteiger partial charge in [0.15, 0.2) is 0 Å². The molecule has 1 aromatic rings. The number of benzene rings is 1. The first-order valence-electron chi connectivity index (χ1n) is 7.00. The summed E-state index contributed by atoms with van der Waals surface area (Å²) in [4.78, 5) is 0. The second-order valence-corrected chi connectivity index (χ2v) is 7.13. The third-order valence-electron chi connectivity index (χ3n) is 3.26. The summed E-state index contributed by atoms with van der Waals surface area (Å²) in [5, 5.41) is 3.36. The van der Waals surface area contributed by atoms with E-state index in [-0.39, 0.29) is 18.1 Å². The highest BCUT2D eigenvalue weighted by Gasteiger charge is 2.19. The molecule has 1 aliphatic rings. The quantitative estimate of drug-likeness (QED) is 0.684. The fraction of sp³-hybridized carbons (Fsp3) is 0.571. The monoisotopic (exact) mass is 300 g/mol.